The normalized spacial score (nSPS) is 13.5. The standard InChI is InChI=1S/C20H19F2N3O3/c1-27-18-5-12-3-4-24(9-13(12)6-19(18)28-2)20(26)10-25-11-23-16-7-14(21)15(22)8-17(16)25/h5-8,11H,3-4,9-10H2,1-2H3. The molecule has 0 atom stereocenters. The summed E-state index contributed by atoms with van der Waals surface area (Å²) in [7, 11) is 3.16. The Morgan fingerprint density at radius 1 is 1.07 bits per heavy atom. The third-order valence-electron chi connectivity index (χ3n) is 5.04. The first-order valence-electron chi connectivity index (χ1n) is 8.81. The van der Waals surface area contributed by atoms with Gasteiger partial charge in [0.15, 0.2) is 23.1 Å². The molecule has 2 aromatic carbocycles. The molecule has 0 saturated heterocycles. The first-order valence-corrected chi connectivity index (χ1v) is 8.81. The van der Waals surface area contributed by atoms with Crippen LogP contribution in [0, 0.1) is 11.6 Å². The van der Waals surface area contributed by atoms with E-state index in [-0.39, 0.29) is 12.5 Å². The molecule has 1 aliphatic rings. The van der Waals surface area contributed by atoms with Crippen LogP contribution in [0.2, 0.25) is 0 Å². The van der Waals surface area contributed by atoms with Crippen LogP contribution >= 0.6 is 0 Å². The molecule has 0 spiro atoms. The van der Waals surface area contributed by atoms with Crippen LogP contribution in [0.3, 0.4) is 0 Å². The van der Waals surface area contributed by atoms with E-state index in [1.807, 2.05) is 12.1 Å². The van der Waals surface area contributed by atoms with Crippen molar-refractivity contribution >= 4 is 16.9 Å². The molecule has 0 unspecified atom stereocenters. The third-order valence-corrected chi connectivity index (χ3v) is 5.04. The van der Waals surface area contributed by atoms with Crippen LogP contribution in [0.15, 0.2) is 30.6 Å². The van der Waals surface area contributed by atoms with Crippen LogP contribution in [0.25, 0.3) is 11.0 Å². The summed E-state index contributed by atoms with van der Waals surface area (Å²) in [6.07, 6.45) is 2.12. The molecular formula is C20H19F2N3O3. The van der Waals surface area contributed by atoms with Crippen molar-refractivity contribution in [3.05, 3.63) is 53.4 Å². The zero-order chi connectivity index (χ0) is 19.8. The number of hydrogen-bond acceptors (Lipinski definition) is 4. The fourth-order valence-electron chi connectivity index (χ4n) is 3.52. The molecule has 146 valence electrons. The van der Waals surface area contributed by atoms with E-state index in [1.54, 1.807) is 19.1 Å². The Bertz CT molecular complexity index is 1060. The van der Waals surface area contributed by atoms with Crippen molar-refractivity contribution in [2.24, 2.45) is 0 Å². The minimum Gasteiger partial charge on any atom is -0.493 e. The highest BCUT2D eigenvalue weighted by Crippen LogP contribution is 2.33. The van der Waals surface area contributed by atoms with Gasteiger partial charge < -0.3 is 18.9 Å². The molecule has 1 aliphatic heterocycles. The highest BCUT2D eigenvalue weighted by Gasteiger charge is 2.23. The maximum atomic E-state index is 13.6. The number of hydrogen-bond donors (Lipinski definition) is 0. The number of methoxy groups -OCH3 is 2. The second kappa shape index (κ2) is 7.10. The molecule has 0 aliphatic carbocycles. The van der Waals surface area contributed by atoms with Gasteiger partial charge in [0.05, 0.1) is 31.6 Å². The number of amides is 1. The number of carbonyl (C=O) groups excluding carboxylic acids is 1. The van der Waals surface area contributed by atoms with Crippen LogP contribution < -0.4 is 9.47 Å². The van der Waals surface area contributed by atoms with Crippen molar-refractivity contribution < 1.29 is 23.0 Å². The monoisotopic (exact) mass is 387 g/mol. The highest BCUT2D eigenvalue weighted by molar-refractivity contribution is 5.81. The van der Waals surface area contributed by atoms with Crippen molar-refractivity contribution in [3.63, 3.8) is 0 Å². The van der Waals surface area contributed by atoms with Crippen molar-refractivity contribution in [2.75, 3.05) is 20.8 Å². The topological polar surface area (TPSA) is 56.6 Å². The second-order valence-electron chi connectivity index (χ2n) is 6.67. The van der Waals surface area contributed by atoms with E-state index in [0.717, 1.165) is 23.3 Å². The third kappa shape index (κ3) is 3.15. The van der Waals surface area contributed by atoms with Crippen molar-refractivity contribution in [1.82, 2.24) is 14.5 Å². The lowest BCUT2D eigenvalue weighted by molar-refractivity contribution is -0.132. The number of aromatic nitrogens is 2. The number of imidazole rings is 1. The van der Waals surface area contributed by atoms with Crippen molar-refractivity contribution in [3.8, 4) is 11.5 Å². The first-order chi connectivity index (χ1) is 13.5. The van der Waals surface area contributed by atoms with Crippen molar-refractivity contribution in [2.45, 2.75) is 19.5 Å². The van der Waals surface area contributed by atoms with Gasteiger partial charge in [0.25, 0.3) is 0 Å². The van der Waals surface area contributed by atoms with E-state index in [2.05, 4.69) is 4.98 Å². The van der Waals surface area contributed by atoms with Crippen LogP contribution in [0.5, 0.6) is 11.5 Å². The summed E-state index contributed by atoms with van der Waals surface area (Å²) in [5.74, 6) is -0.756. The fourth-order valence-corrected chi connectivity index (χ4v) is 3.52. The largest absolute Gasteiger partial charge is 0.493 e. The van der Waals surface area contributed by atoms with E-state index < -0.39 is 11.6 Å². The number of rotatable bonds is 4. The molecular weight excluding hydrogens is 368 g/mol. The van der Waals surface area contributed by atoms with Gasteiger partial charge in [-0.15, -0.1) is 0 Å². The molecule has 1 amide bonds. The van der Waals surface area contributed by atoms with Gasteiger partial charge in [-0.05, 0) is 29.7 Å². The number of halogens is 2. The Kier molecular flexibility index (Phi) is 4.62. The number of nitrogens with zero attached hydrogens (tertiary/aromatic N) is 3. The van der Waals surface area contributed by atoms with E-state index in [9.17, 15) is 13.6 Å². The molecule has 0 bridgehead atoms. The Morgan fingerprint density at radius 2 is 1.75 bits per heavy atom. The molecule has 3 aromatic rings. The predicted molar refractivity (Wildman–Crippen MR) is 98.3 cm³/mol. The fraction of sp³-hybridized carbons (Fsp3) is 0.300. The SMILES string of the molecule is COc1cc2c(cc1OC)CN(C(=O)Cn1cnc3cc(F)c(F)cc31)CC2. The molecule has 8 heteroatoms. The smallest absolute Gasteiger partial charge is 0.242 e. The Morgan fingerprint density at radius 3 is 2.46 bits per heavy atom. The van der Waals surface area contributed by atoms with Gasteiger partial charge in [-0.2, -0.15) is 0 Å². The summed E-state index contributed by atoms with van der Waals surface area (Å²) in [5.41, 5.74) is 2.82. The van der Waals surface area contributed by atoms with Crippen molar-refractivity contribution in [1.29, 1.82) is 0 Å². The Hall–Kier alpha value is -3.16. The van der Waals surface area contributed by atoms with Crippen LogP contribution in [-0.4, -0.2) is 41.1 Å². The van der Waals surface area contributed by atoms with Gasteiger partial charge in [-0.1, -0.05) is 0 Å². The van der Waals surface area contributed by atoms with E-state index >= 15 is 0 Å². The summed E-state index contributed by atoms with van der Waals surface area (Å²) in [4.78, 5) is 18.6. The lowest BCUT2D eigenvalue weighted by Gasteiger charge is -2.30. The summed E-state index contributed by atoms with van der Waals surface area (Å²) >= 11 is 0. The lowest BCUT2D eigenvalue weighted by Crippen LogP contribution is -2.38. The number of carbonyl (C=O) groups is 1. The summed E-state index contributed by atoms with van der Waals surface area (Å²) in [6.45, 7) is 1.02. The van der Waals surface area contributed by atoms with Gasteiger partial charge in [-0.3, -0.25) is 4.79 Å². The maximum absolute atomic E-state index is 13.6. The van der Waals surface area contributed by atoms with Gasteiger partial charge in [0, 0.05) is 25.2 Å². The summed E-state index contributed by atoms with van der Waals surface area (Å²) < 4.78 is 39.1. The quantitative estimate of drug-likeness (QED) is 0.691. The predicted octanol–water partition coefficient (Wildman–Crippen LogP) is 2.92. The van der Waals surface area contributed by atoms with Crippen LogP contribution in [0.1, 0.15) is 11.1 Å². The first kappa shape index (κ1) is 18.2. The molecule has 0 radical (unpaired) electrons. The summed E-state index contributed by atoms with van der Waals surface area (Å²) in [6, 6.07) is 5.92. The molecule has 6 nitrogen and oxygen atoms in total. The molecule has 0 fully saturated rings. The Labute approximate surface area is 160 Å². The molecule has 1 aromatic heterocycles. The molecule has 4 rings (SSSR count). The highest BCUT2D eigenvalue weighted by atomic mass is 19.2. The average molecular weight is 387 g/mol. The molecule has 28 heavy (non-hydrogen) atoms. The average Bonchev–Trinajstić information content (AvgIpc) is 3.08. The molecule has 0 saturated carbocycles. The minimum absolute atomic E-state index is 0.00416. The number of ether oxygens (including phenoxy) is 2. The maximum Gasteiger partial charge on any atom is 0.242 e. The van der Waals surface area contributed by atoms with E-state index in [4.69, 9.17) is 9.47 Å². The molecule has 0 N–H and O–H groups in total. The zero-order valence-electron chi connectivity index (χ0n) is 15.5. The number of fused-ring (bicyclic) bond motifs is 2. The van der Waals surface area contributed by atoms with Gasteiger partial charge in [0.1, 0.15) is 6.54 Å². The molecule has 2 heterocycles. The van der Waals surface area contributed by atoms with Gasteiger partial charge >= 0.3 is 0 Å². The van der Waals surface area contributed by atoms with Crippen LogP contribution in [-0.2, 0) is 24.3 Å². The second-order valence-corrected chi connectivity index (χ2v) is 6.67. The number of benzene rings is 2. The van der Waals surface area contributed by atoms with E-state index in [0.29, 0.717) is 42.0 Å². The summed E-state index contributed by atoms with van der Waals surface area (Å²) in [5, 5.41) is 0. The van der Waals surface area contributed by atoms with E-state index in [1.165, 1.54) is 10.9 Å². The van der Waals surface area contributed by atoms with Gasteiger partial charge in [-0.25, -0.2) is 13.8 Å². The minimum atomic E-state index is -0.963. The Balaban J connectivity index is 1.55. The van der Waals surface area contributed by atoms with Gasteiger partial charge in [0.2, 0.25) is 5.91 Å². The lowest BCUT2D eigenvalue weighted by atomic mass is 9.98. The zero-order valence-corrected chi connectivity index (χ0v) is 15.5. The van der Waals surface area contributed by atoms with Crippen LogP contribution in [0.4, 0.5) is 8.78 Å².